The lowest BCUT2D eigenvalue weighted by Crippen LogP contribution is -2.20. The molecule has 1 aromatic heterocycles. The molecule has 0 aliphatic rings. The summed E-state index contributed by atoms with van der Waals surface area (Å²) in [5.41, 5.74) is -0.0553. The SMILES string of the molecule is O=C(Nc1ccc(Cl)c(Cl)c1)c1cc2cc(Br)cc(Br)c2oc1=O. The number of carbonyl (C=O) groups is 1. The number of anilines is 1. The zero-order valence-corrected chi connectivity index (χ0v) is 16.4. The van der Waals surface area contributed by atoms with Crippen LogP contribution < -0.4 is 10.9 Å². The summed E-state index contributed by atoms with van der Waals surface area (Å²) >= 11 is 18.4. The molecule has 122 valence electrons. The Morgan fingerprint density at radius 3 is 2.50 bits per heavy atom. The Balaban J connectivity index is 2.01. The van der Waals surface area contributed by atoms with E-state index in [-0.39, 0.29) is 5.56 Å². The first-order chi connectivity index (χ1) is 11.3. The molecule has 0 aliphatic heterocycles. The smallest absolute Gasteiger partial charge is 0.349 e. The molecule has 8 heteroatoms. The van der Waals surface area contributed by atoms with Crippen LogP contribution in [0.15, 0.2) is 54.6 Å². The van der Waals surface area contributed by atoms with Crippen LogP contribution in [-0.2, 0) is 0 Å². The topological polar surface area (TPSA) is 59.3 Å². The number of hydrogen-bond acceptors (Lipinski definition) is 3. The Morgan fingerprint density at radius 1 is 1.04 bits per heavy atom. The summed E-state index contributed by atoms with van der Waals surface area (Å²) in [5.74, 6) is -0.597. The molecular formula is C16H7Br2Cl2NO3. The molecule has 0 atom stereocenters. The van der Waals surface area contributed by atoms with Gasteiger partial charge in [-0.3, -0.25) is 4.79 Å². The third-order valence-corrected chi connectivity index (χ3v) is 4.96. The molecule has 0 radical (unpaired) electrons. The number of benzene rings is 2. The highest BCUT2D eigenvalue weighted by Gasteiger charge is 2.16. The van der Waals surface area contributed by atoms with E-state index in [0.29, 0.717) is 31.2 Å². The number of halogens is 4. The fourth-order valence-electron chi connectivity index (χ4n) is 2.09. The molecule has 1 N–H and O–H groups in total. The number of fused-ring (bicyclic) bond motifs is 1. The van der Waals surface area contributed by atoms with Gasteiger partial charge in [0.05, 0.1) is 14.5 Å². The normalized spacial score (nSPS) is 10.8. The zero-order valence-electron chi connectivity index (χ0n) is 11.7. The van der Waals surface area contributed by atoms with Crippen molar-refractivity contribution in [1.29, 1.82) is 0 Å². The van der Waals surface area contributed by atoms with Gasteiger partial charge in [-0.15, -0.1) is 0 Å². The summed E-state index contributed by atoms with van der Waals surface area (Å²) in [6.07, 6.45) is 0. The summed E-state index contributed by atoms with van der Waals surface area (Å²) in [6.45, 7) is 0. The third kappa shape index (κ3) is 3.52. The third-order valence-electron chi connectivity index (χ3n) is 3.17. The van der Waals surface area contributed by atoms with Crippen molar-refractivity contribution in [2.24, 2.45) is 0 Å². The molecule has 0 fully saturated rings. The summed E-state index contributed by atoms with van der Waals surface area (Å²) in [6, 6.07) is 9.61. The van der Waals surface area contributed by atoms with Gasteiger partial charge in [0.1, 0.15) is 5.56 Å². The van der Waals surface area contributed by atoms with Crippen molar-refractivity contribution in [3.05, 3.63) is 71.4 Å². The Morgan fingerprint density at radius 2 is 1.79 bits per heavy atom. The first-order valence-corrected chi connectivity index (χ1v) is 8.88. The molecule has 3 rings (SSSR count). The van der Waals surface area contributed by atoms with Crippen molar-refractivity contribution >= 4 is 77.6 Å². The van der Waals surface area contributed by atoms with Crippen LogP contribution in [0.2, 0.25) is 10.0 Å². The fourth-order valence-corrected chi connectivity index (χ4v) is 3.73. The monoisotopic (exact) mass is 489 g/mol. The predicted octanol–water partition coefficient (Wildman–Crippen LogP) is 5.88. The van der Waals surface area contributed by atoms with Gasteiger partial charge in [0.25, 0.3) is 5.91 Å². The van der Waals surface area contributed by atoms with Crippen LogP contribution in [0.1, 0.15) is 10.4 Å². The van der Waals surface area contributed by atoms with E-state index in [4.69, 9.17) is 27.6 Å². The van der Waals surface area contributed by atoms with E-state index in [1.165, 1.54) is 12.1 Å². The minimum atomic E-state index is -0.733. The van der Waals surface area contributed by atoms with E-state index in [1.807, 2.05) is 0 Å². The molecule has 0 aliphatic carbocycles. The summed E-state index contributed by atoms with van der Waals surface area (Å²) in [5, 5.41) is 3.87. The van der Waals surface area contributed by atoms with Crippen molar-refractivity contribution in [3.63, 3.8) is 0 Å². The van der Waals surface area contributed by atoms with Crippen molar-refractivity contribution < 1.29 is 9.21 Å². The molecule has 2 aromatic carbocycles. The molecule has 3 aromatic rings. The van der Waals surface area contributed by atoms with E-state index in [0.717, 1.165) is 4.47 Å². The zero-order chi connectivity index (χ0) is 17.4. The largest absolute Gasteiger partial charge is 0.421 e. The van der Waals surface area contributed by atoms with Gasteiger partial charge in [-0.25, -0.2) is 4.79 Å². The van der Waals surface area contributed by atoms with Gasteiger partial charge < -0.3 is 9.73 Å². The highest BCUT2D eigenvalue weighted by atomic mass is 79.9. The Hall–Kier alpha value is -1.34. The number of nitrogens with one attached hydrogen (secondary N) is 1. The van der Waals surface area contributed by atoms with E-state index >= 15 is 0 Å². The van der Waals surface area contributed by atoms with E-state index in [1.54, 1.807) is 24.3 Å². The quantitative estimate of drug-likeness (QED) is 0.456. The van der Waals surface area contributed by atoms with Crippen LogP contribution in [0.3, 0.4) is 0 Å². The molecule has 0 unspecified atom stereocenters. The minimum Gasteiger partial charge on any atom is -0.421 e. The number of carbonyl (C=O) groups excluding carboxylic acids is 1. The maximum Gasteiger partial charge on any atom is 0.349 e. The first-order valence-electron chi connectivity index (χ1n) is 6.54. The van der Waals surface area contributed by atoms with Gasteiger partial charge in [0, 0.05) is 15.5 Å². The first kappa shape index (κ1) is 17.5. The van der Waals surface area contributed by atoms with Gasteiger partial charge in [0.15, 0.2) is 5.58 Å². The minimum absolute atomic E-state index is 0.112. The summed E-state index contributed by atoms with van der Waals surface area (Å²) in [7, 11) is 0. The van der Waals surface area contributed by atoms with Crippen LogP contribution >= 0.6 is 55.1 Å². The molecule has 0 spiro atoms. The van der Waals surface area contributed by atoms with E-state index < -0.39 is 11.5 Å². The maximum atomic E-state index is 12.4. The summed E-state index contributed by atoms with van der Waals surface area (Å²) in [4.78, 5) is 24.5. The molecule has 1 amide bonds. The standard InChI is InChI=1S/C16H7Br2Cl2NO3/c17-8-3-7-4-10(16(23)24-14(7)11(18)5-8)15(22)21-9-1-2-12(19)13(20)6-9/h1-6H,(H,21,22). The average Bonchev–Trinajstić information content (AvgIpc) is 2.51. The van der Waals surface area contributed by atoms with Crippen molar-refractivity contribution in [1.82, 2.24) is 0 Å². The van der Waals surface area contributed by atoms with Gasteiger partial charge in [-0.1, -0.05) is 39.1 Å². The molecule has 24 heavy (non-hydrogen) atoms. The number of hydrogen-bond donors (Lipinski definition) is 1. The molecule has 0 saturated heterocycles. The van der Waals surface area contributed by atoms with Crippen molar-refractivity contribution in [2.75, 3.05) is 5.32 Å². The highest BCUT2D eigenvalue weighted by Crippen LogP contribution is 2.28. The van der Waals surface area contributed by atoms with Crippen molar-refractivity contribution in [2.45, 2.75) is 0 Å². The van der Waals surface area contributed by atoms with Crippen LogP contribution in [0, 0.1) is 0 Å². The van der Waals surface area contributed by atoms with Crippen LogP contribution in [-0.4, -0.2) is 5.91 Å². The average molecular weight is 492 g/mol. The maximum absolute atomic E-state index is 12.4. The van der Waals surface area contributed by atoms with Gasteiger partial charge in [0.2, 0.25) is 0 Å². The van der Waals surface area contributed by atoms with Crippen LogP contribution in [0.5, 0.6) is 0 Å². The highest BCUT2D eigenvalue weighted by molar-refractivity contribution is 9.11. The lowest BCUT2D eigenvalue weighted by molar-refractivity contribution is 0.102. The second-order valence-corrected chi connectivity index (χ2v) is 7.42. The lowest BCUT2D eigenvalue weighted by Gasteiger charge is -2.07. The molecule has 1 heterocycles. The number of rotatable bonds is 2. The van der Waals surface area contributed by atoms with Gasteiger partial charge in [-0.2, -0.15) is 0 Å². The Bertz CT molecular complexity index is 1030. The molecule has 0 saturated carbocycles. The molecule has 4 nitrogen and oxygen atoms in total. The predicted molar refractivity (Wildman–Crippen MR) is 102 cm³/mol. The Labute approximate surface area is 163 Å². The van der Waals surface area contributed by atoms with Crippen molar-refractivity contribution in [3.8, 4) is 0 Å². The Kier molecular flexibility index (Phi) is 5.01. The van der Waals surface area contributed by atoms with Gasteiger partial charge in [-0.05, 0) is 52.3 Å². The van der Waals surface area contributed by atoms with E-state index in [2.05, 4.69) is 37.2 Å². The molecular weight excluding hydrogens is 485 g/mol. The van der Waals surface area contributed by atoms with Crippen LogP contribution in [0.25, 0.3) is 11.0 Å². The van der Waals surface area contributed by atoms with Gasteiger partial charge >= 0.3 is 5.63 Å². The van der Waals surface area contributed by atoms with E-state index in [9.17, 15) is 9.59 Å². The second-order valence-electron chi connectivity index (χ2n) is 4.84. The fraction of sp³-hybridized carbons (Fsp3) is 0. The number of amides is 1. The summed E-state index contributed by atoms with van der Waals surface area (Å²) < 4.78 is 6.64. The lowest BCUT2D eigenvalue weighted by atomic mass is 10.1. The molecule has 0 bridgehead atoms. The second kappa shape index (κ2) is 6.88. The van der Waals surface area contributed by atoms with Crippen LogP contribution in [0.4, 0.5) is 5.69 Å².